The number of imide groups is 1. The van der Waals surface area contributed by atoms with E-state index >= 15 is 4.79 Å². The lowest BCUT2D eigenvalue weighted by atomic mass is 10.2. The van der Waals surface area contributed by atoms with E-state index in [0.29, 0.717) is 39.8 Å². The molecule has 272 valence electrons. The number of ether oxygens (including phenoxy) is 1. The predicted octanol–water partition coefficient (Wildman–Crippen LogP) is 8.18. The molecule has 1 saturated heterocycles. The van der Waals surface area contributed by atoms with Gasteiger partial charge in [-0.1, -0.05) is 84.6 Å². The number of thioether (sulfide) groups is 1. The SMILES string of the molecule is CC1=C(CCOC(=O)Nc2ccccc2)SC2(C(=O)N(c3ccccc3)C(=O)N2c2ccccc2)N1Cc1cnc(C)nc1NC(=O)Nc1ccccc1. The molecule has 4 aromatic carbocycles. The number of carbonyl (C=O) groups is 4. The number of hydrogen-bond donors (Lipinski definition) is 3. The Hall–Kier alpha value is -6.67. The zero-order valence-corrected chi connectivity index (χ0v) is 30.2. The Morgan fingerprint density at radius 3 is 1.96 bits per heavy atom. The summed E-state index contributed by atoms with van der Waals surface area (Å²) in [7, 11) is 0. The van der Waals surface area contributed by atoms with E-state index in [1.807, 2.05) is 48.2 Å². The molecule has 0 bridgehead atoms. The van der Waals surface area contributed by atoms with Gasteiger partial charge in [0, 0.05) is 45.8 Å². The molecule has 13 nitrogen and oxygen atoms in total. The average Bonchev–Trinajstić information content (AvgIpc) is 3.57. The van der Waals surface area contributed by atoms with Crippen LogP contribution in [0.2, 0.25) is 0 Å². The Balaban J connectivity index is 1.26. The van der Waals surface area contributed by atoms with Crippen LogP contribution in [-0.2, 0) is 16.1 Å². The highest BCUT2D eigenvalue weighted by molar-refractivity contribution is 8.05. The van der Waals surface area contributed by atoms with Crippen LogP contribution in [0.5, 0.6) is 0 Å². The average molecular weight is 741 g/mol. The number of nitrogens with one attached hydrogen (secondary N) is 3. The molecule has 2 aliphatic heterocycles. The van der Waals surface area contributed by atoms with Crippen LogP contribution in [0.1, 0.15) is 24.7 Å². The van der Waals surface area contributed by atoms with E-state index in [1.165, 1.54) is 21.6 Å². The van der Waals surface area contributed by atoms with Crippen LogP contribution < -0.4 is 25.8 Å². The number of carbonyl (C=O) groups excluding carboxylic acids is 4. The van der Waals surface area contributed by atoms with Gasteiger partial charge >= 0.3 is 18.2 Å². The maximum atomic E-state index is 15.1. The monoisotopic (exact) mass is 740 g/mol. The topological polar surface area (TPSA) is 149 Å². The minimum absolute atomic E-state index is 0.00175. The normalized spacial score (nSPS) is 16.6. The van der Waals surface area contributed by atoms with Gasteiger partial charge in [0.1, 0.15) is 11.6 Å². The Bertz CT molecular complexity index is 2210. The summed E-state index contributed by atoms with van der Waals surface area (Å²) >= 11 is 1.22. The summed E-state index contributed by atoms with van der Waals surface area (Å²) in [5.74, 6) is 0.168. The number of anilines is 5. The van der Waals surface area contributed by atoms with Crippen molar-refractivity contribution in [3.8, 4) is 0 Å². The molecule has 54 heavy (non-hydrogen) atoms. The first-order chi connectivity index (χ1) is 26.2. The van der Waals surface area contributed by atoms with Crippen molar-refractivity contribution in [1.82, 2.24) is 14.9 Å². The quantitative estimate of drug-likeness (QED) is 0.121. The Morgan fingerprint density at radius 1 is 0.759 bits per heavy atom. The maximum absolute atomic E-state index is 15.1. The van der Waals surface area contributed by atoms with Crippen molar-refractivity contribution in [1.29, 1.82) is 0 Å². The number of rotatable bonds is 10. The lowest BCUT2D eigenvalue weighted by molar-refractivity contribution is -0.122. The van der Waals surface area contributed by atoms with Crippen LogP contribution in [0.25, 0.3) is 0 Å². The molecule has 1 aromatic heterocycles. The summed E-state index contributed by atoms with van der Waals surface area (Å²) in [6.45, 7) is 3.59. The molecule has 2 aliphatic rings. The number of hydrogen-bond acceptors (Lipinski definition) is 9. The molecule has 0 aliphatic carbocycles. The fraction of sp³-hybridized carbons (Fsp3) is 0.150. The Morgan fingerprint density at radius 2 is 1.33 bits per heavy atom. The highest BCUT2D eigenvalue weighted by Crippen LogP contribution is 2.55. The third kappa shape index (κ3) is 7.19. The fourth-order valence-electron chi connectivity index (χ4n) is 6.28. The summed E-state index contributed by atoms with van der Waals surface area (Å²) in [6, 6.07) is 34.7. The third-order valence-corrected chi connectivity index (χ3v) is 10.4. The summed E-state index contributed by atoms with van der Waals surface area (Å²) < 4.78 is 5.57. The van der Waals surface area contributed by atoms with Gasteiger partial charge in [-0.3, -0.25) is 20.3 Å². The van der Waals surface area contributed by atoms with E-state index in [9.17, 15) is 14.4 Å². The number of aryl methyl sites for hydroxylation is 1. The second kappa shape index (κ2) is 15.5. The zero-order chi connectivity index (χ0) is 37.7. The molecule has 1 fully saturated rings. The largest absolute Gasteiger partial charge is 0.449 e. The predicted molar refractivity (Wildman–Crippen MR) is 209 cm³/mol. The standard InChI is InChI=1S/C40H36N8O5S/c1-27-34(23-24-53-38(51)44-31-17-9-4-10-18-31)54-40(36(49)47(32-19-11-5-12-20-32)39(52)48(40)33-21-13-6-14-22-33)46(27)26-29-25-41-28(2)42-35(29)45-37(50)43-30-15-7-3-8-16-30/h3-22,25H,23-24,26H2,1-2H3,(H,44,51)(H2,41,42,43,45,50). The molecule has 3 N–H and O–H groups in total. The highest BCUT2D eigenvalue weighted by atomic mass is 32.2. The van der Waals surface area contributed by atoms with Crippen LogP contribution in [0.4, 0.5) is 43.0 Å². The van der Waals surface area contributed by atoms with Crippen LogP contribution in [-0.4, -0.2) is 50.5 Å². The van der Waals surface area contributed by atoms with Crippen molar-refractivity contribution in [2.45, 2.75) is 31.8 Å². The smallest absolute Gasteiger partial charge is 0.411 e. The number of amides is 6. The van der Waals surface area contributed by atoms with E-state index in [2.05, 4.69) is 25.9 Å². The van der Waals surface area contributed by atoms with Crippen LogP contribution >= 0.6 is 11.8 Å². The number of nitrogens with zero attached hydrogens (tertiary/aromatic N) is 5. The molecule has 5 aromatic rings. The van der Waals surface area contributed by atoms with E-state index in [4.69, 9.17) is 4.74 Å². The molecule has 1 spiro atoms. The molecular weight excluding hydrogens is 705 g/mol. The Labute approximate surface area is 316 Å². The Kier molecular flexibility index (Phi) is 10.3. The number of benzene rings is 4. The summed E-state index contributed by atoms with van der Waals surface area (Å²) in [4.78, 5) is 68.2. The number of para-hydroxylation sites is 4. The number of allylic oxidation sites excluding steroid dienone is 1. The summed E-state index contributed by atoms with van der Waals surface area (Å²) in [5, 5.41) is 8.38. The molecule has 6 amide bonds. The first kappa shape index (κ1) is 35.7. The molecule has 0 radical (unpaired) electrons. The molecule has 1 unspecified atom stereocenters. The second-order valence-electron chi connectivity index (χ2n) is 12.3. The minimum Gasteiger partial charge on any atom is -0.449 e. The first-order valence-corrected chi connectivity index (χ1v) is 18.0. The van der Waals surface area contributed by atoms with Crippen molar-refractivity contribution in [3.63, 3.8) is 0 Å². The molecule has 0 saturated carbocycles. The van der Waals surface area contributed by atoms with Crippen LogP contribution in [0, 0.1) is 6.92 Å². The molecule has 7 rings (SSSR count). The summed E-state index contributed by atoms with van der Waals surface area (Å²) in [5.41, 5.74) is 3.26. The van der Waals surface area contributed by atoms with Gasteiger partial charge in [0.15, 0.2) is 0 Å². The van der Waals surface area contributed by atoms with Gasteiger partial charge < -0.3 is 15.0 Å². The molecule has 3 heterocycles. The summed E-state index contributed by atoms with van der Waals surface area (Å²) in [6.07, 6.45) is 1.23. The van der Waals surface area contributed by atoms with E-state index in [0.717, 1.165) is 4.91 Å². The third-order valence-electron chi connectivity index (χ3n) is 8.80. The number of aromatic nitrogens is 2. The van der Waals surface area contributed by atoms with Gasteiger partial charge in [0.05, 0.1) is 18.8 Å². The minimum atomic E-state index is -1.66. The van der Waals surface area contributed by atoms with Gasteiger partial charge in [-0.2, -0.15) is 0 Å². The van der Waals surface area contributed by atoms with Gasteiger partial charge in [-0.05, 0) is 62.4 Å². The molecule has 1 atom stereocenters. The van der Waals surface area contributed by atoms with Crippen molar-refractivity contribution in [2.75, 3.05) is 32.4 Å². The maximum Gasteiger partial charge on any atom is 0.411 e. The van der Waals surface area contributed by atoms with Gasteiger partial charge in [-0.25, -0.2) is 29.3 Å². The van der Waals surface area contributed by atoms with Gasteiger partial charge in [-0.15, -0.1) is 0 Å². The number of urea groups is 2. The second-order valence-corrected chi connectivity index (χ2v) is 13.6. The molecule has 14 heteroatoms. The zero-order valence-electron chi connectivity index (χ0n) is 29.4. The van der Waals surface area contributed by atoms with E-state index < -0.39 is 29.1 Å². The van der Waals surface area contributed by atoms with Crippen molar-refractivity contribution in [3.05, 3.63) is 150 Å². The fourth-order valence-corrected chi connectivity index (χ4v) is 7.83. The van der Waals surface area contributed by atoms with Crippen molar-refractivity contribution >= 4 is 64.4 Å². The lowest BCUT2D eigenvalue weighted by Gasteiger charge is -2.40. The molecular formula is C40H36N8O5S. The van der Waals surface area contributed by atoms with Crippen molar-refractivity contribution < 1.29 is 23.9 Å². The van der Waals surface area contributed by atoms with Crippen LogP contribution in [0.15, 0.2) is 138 Å². The van der Waals surface area contributed by atoms with Gasteiger partial charge in [0.25, 0.3) is 10.9 Å². The van der Waals surface area contributed by atoms with E-state index in [1.54, 1.807) is 98.0 Å². The van der Waals surface area contributed by atoms with Gasteiger partial charge in [0.2, 0.25) is 0 Å². The van der Waals surface area contributed by atoms with E-state index in [-0.39, 0.29) is 25.4 Å². The first-order valence-electron chi connectivity index (χ1n) is 17.1. The van der Waals surface area contributed by atoms with Crippen molar-refractivity contribution in [2.24, 2.45) is 0 Å². The highest BCUT2D eigenvalue weighted by Gasteiger charge is 2.65. The van der Waals surface area contributed by atoms with Crippen LogP contribution in [0.3, 0.4) is 0 Å². The lowest BCUT2D eigenvalue weighted by Crippen LogP contribution is -2.57.